The molecule has 0 aliphatic carbocycles. The van der Waals surface area contributed by atoms with E-state index in [1.165, 1.54) is 18.4 Å². The van der Waals surface area contributed by atoms with Crippen LogP contribution in [0.1, 0.15) is 63.3 Å². The third-order valence-corrected chi connectivity index (χ3v) is 4.60. The Kier molecular flexibility index (Phi) is 7.19. The second-order valence-corrected chi connectivity index (χ2v) is 7.14. The maximum Gasteiger partial charge on any atom is 0.106 e. The van der Waals surface area contributed by atoms with Crippen LogP contribution in [0.15, 0.2) is 47.1 Å². The van der Waals surface area contributed by atoms with Gasteiger partial charge in [0.25, 0.3) is 0 Å². The number of furan rings is 1. The molecule has 0 saturated carbocycles. The van der Waals surface area contributed by atoms with E-state index in [1.54, 1.807) is 6.26 Å². The van der Waals surface area contributed by atoms with Crippen LogP contribution in [0, 0.1) is 5.92 Å². The highest BCUT2D eigenvalue weighted by molar-refractivity contribution is 6.30. The van der Waals surface area contributed by atoms with Gasteiger partial charge in [-0.25, -0.2) is 0 Å². The molecule has 1 aromatic heterocycles. The van der Waals surface area contributed by atoms with Crippen molar-refractivity contribution in [2.75, 3.05) is 6.54 Å². The van der Waals surface area contributed by atoms with Crippen molar-refractivity contribution in [1.82, 2.24) is 5.32 Å². The van der Waals surface area contributed by atoms with Crippen LogP contribution < -0.4 is 5.32 Å². The number of hydrogen-bond acceptors (Lipinski definition) is 2. The first-order chi connectivity index (χ1) is 11.1. The average molecular weight is 334 g/mol. The summed E-state index contributed by atoms with van der Waals surface area (Å²) in [5.74, 6) is 2.34. The maximum atomic E-state index is 5.95. The van der Waals surface area contributed by atoms with E-state index in [0.717, 1.165) is 29.7 Å². The Morgan fingerprint density at radius 2 is 1.74 bits per heavy atom. The quantitative estimate of drug-likeness (QED) is 0.591. The van der Waals surface area contributed by atoms with E-state index in [0.29, 0.717) is 12.0 Å². The minimum absolute atomic E-state index is 0.328. The van der Waals surface area contributed by atoms with Crippen molar-refractivity contribution in [3.63, 3.8) is 0 Å². The highest BCUT2D eigenvalue weighted by Crippen LogP contribution is 2.27. The summed E-state index contributed by atoms with van der Waals surface area (Å²) >= 11 is 5.95. The van der Waals surface area contributed by atoms with E-state index in [4.69, 9.17) is 16.0 Å². The Balaban J connectivity index is 1.84. The van der Waals surface area contributed by atoms with Gasteiger partial charge in [-0.3, -0.25) is 0 Å². The minimum Gasteiger partial charge on any atom is -0.469 e. The summed E-state index contributed by atoms with van der Waals surface area (Å²) in [4.78, 5) is 0. The summed E-state index contributed by atoms with van der Waals surface area (Å²) < 4.78 is 5.64. The number of rotatable bonds is 9. The fourth-order valence-corrected chi connectivity index (χ4v) is 2.96. The molecule has 0 unspecified atom stereocenters. The molecule has 0 amide bonds. The standard InChI is InChI=1S/C20H28ClNO/c1-15(2)6-7-18(20-5-4-14-23-20)12-13-22-16(3)17-8-10-19(21)11-9-17/h4-5,8-11,14-16,18,22H,6-7,12-13H2,1-3H3/t16-,18+/m0/s1. The molecule has 2 atom stereocenters. The molecule has 0 aliphatic heterocycles. The lowest BCUT2D eigenvalue weighted by atomic mass is 9.93. The van der Waals surface area contributed by atoms with Crippen LogP contribution in [0.5, 0.6) is 0 Å². The Morgan fingerprint density at radius 3 is 2.35 bits per heavy atom. The second kappa shape index (κ2) is 9.14. The maximum absolute atomic E-state index is 5.95. The third kappa shape index (κ3) is 6.04. The Labute approximate surface area is 145 Å². The molecular weight excluding hydrogens is 306 g/mol. The predicted molar refractivity (Wildman–Crippen MR) is 98.0 cm³/mol. The van der Waals surface area contributed by atoms with Gasteiger partial charge in [0.05, 0.1) is 6.26 Å². The Hall–Kier alpha value is -1.25. The largest absolute Gasteiger partial charge is 0.469 e. The molecule has 0 fully saturated rings. The molecule has 0 radical (unpaired) electrons. The van der Waals surface area contributed by atoms with Gasteiger partial charge in [-0.1, -0.05) is 44.0 Å². The lowest BCUT2D eigenvalue weighted by Gasteiger charge is -2.19. The van der Waals surface area contributed by atoms with Crippen molar-refractivity contribution >= 4 is 11.6 Å². The smallest absolute Gasteiger partial charge is 0.106 e. The van der Waals surface area contributed by atoms with Gasteiger partial charge in [0.15, 0.2) is 0 Å². The van der Waals surface area contributed by atoms with E-state index in [1.807, 2.05) is 18.2 Å². The van der Waals surface area contributed by atoms with E-state index >= 15 is 0 Å². The molecule has 1 aromatic carbocycles. The van der Waals surface area contributed by atoms with Gasteiger partial charge in [0.2, 0.25) is 0 Å². The van der Waals surface area contributed by atoms with Crippen LogP contribution >= 0.6 is 11.6 Å². The summed E-state index contributed by atoms with van der Waals surface area (Å²) in [6.07, 6.45) is 5.29. The van der Waals surface area contributed by atoms with Gasteiger partial charge >= 0.3 is 0 Å². The topological polar surface area (TPSA) is 25.2 Å². The van der Waals surface area contributed by atoms with Gasteiger partial charge < -0.3 is 9.73 Å². The van der Waals surface area contributed by atoms with E-state index in [9.17, 15) is 0 Å². The number of benzene rings is 1. The molecule has 2 nitrogen and oxygen atoms in total. The summed E-state index contributed by atoms with van der Waals surface area (Å²) in [6, 6.07) is 12.5. The lowest BCUT2D eigenvalue weighted by molar-refractivity contribution is 0.392. The van der Waals surface area contributed by atoms with Crippen molar-refractivity contribution < 1.29 is 4.42 Å². The van der Waals surface area contributed by atoms with Gasteiger partial charge in [-0.2, -0.15) is 0 Å². The molecule has 2 aromatic rings. The van der Waals surface area contributed by atoms with Crippen molar-refractivity contribution in [3.8, 4) is 0 Å². The summed E-state index contributed by atoms with van der Waals surface area (Å²) in [7, 11) is 0. The predicted octanol–water partition coefficient (Wildman–Crippen LogP) is 6.19. The van der Waals surface area contributed by atoms with Crippen molar-refractivity contribution in [3.05, 3.63) is 59.0 Å². The van der Waals surface area contributed by atoms with Gasteiger partial charge in [-0.05, 0) is 62.1 Å². The zero-order chi connectivity index (χ0) is 16.7. The molecule has 1 heterocycles. The van der Waals surface area contributed by atoms with E-state index in [-0.39, 0.29) is 0 Å². The van der Waals surface area contributed by atoms with Crippen LogP contribution in [0.4, 0.5) is 0 Å². The average Bonchev–Trinajstić information content (AvgIpc) is 3.05. The Bertz CT molecular complexity index is 548. The second-order valence-electron chi connectivity index (χ2n) is 6.70. The van der Waals surface area contributed by atoms with Crippen LogP contribution in [0.25, 0.3) is 0 Å². The van der Waals surface area contributed by atoms with E-state index < -0.39 is 0 Å². The number of halogens is 1. The van der Waals surface area contributed by atoms with Crippen LogP contribution in [-0.4, -0.2) is 6.54 Å². The van der Waals surface area contributed by atoms with Crippen LogP contribution in [0.2, 0.25) is 5.02 Å². The number of hydrogen-bond donors (Lipinski definition) is 1. The fraction of sp³-hybridized carbons (Fsp3) is 0.500. The van der Waals surface area contributed by atoms with Crippen LogP contribution in [-0.2, 0) is 0 Å². The van der Waals surface area contributed by atoms with Crippen molar-refractivity contribution in [2.45, 2.75) is 52.0 Å². The molecule has 23 heavy (non-hydrogen) atoms. The Morgan fingerprint density at radius 1 is 1.00 bits per heavy atom. The zero-order valence-electron chi connectivity index (χ0n) is 14.4. The van der Waals surface area contributed by atoms with Crippen LogP contribution in [0.3, 0.4) is 0 Å². The van der Waals surface area contributed by atoms with E-state index in [2.05, 4.69) is 44.3 Å². The first-order valence-electron chi connectivity index (χ1n) is 8.58. The monoisotopic (exact) mass is 333 g/mol. The molecule has 1 N–H and O–H groups in total. The normalized spacial score (nSPS) is 14.1. The molecule has 0 aliphatic rings. The SMILES string of the molecule is CC(C)CC[C@H](CCN[C@@H](C)c1ccc(Cl)cc1)c1ccco1. The molecule has 0 spiro atoms. The summed E-state index contributed by atoms with van der Waals surface area (Å²) in [5.41, 5.74) is 1.27. The van der Waals surface area contributed by atoms with Gasteiger partial charge in [0, 0.05) is 17.0 Å². The fourth-order valence-electron chi connectivity index (χ4n) is 2.83. The minimum atomic E-state index is 0.328. The number of nitrogens with one attached hydrogen (secondary N) is 1. The highest BCUT2D eigenvalue weighted by atomic mass is 35.5. The molecular formula is C20H28ClNO. The van der Waals surface area contributed by atoms with Crippen molar-refractivity contribution in [1.29, 1.82) is 0 Å². The molecule has 2 rings (SSSR count). The molecule has 126 valence electrons. The third-order valence-electron chi connectivity index (χ3n) is 4.35. The first-order valence-corrected chi connectivity index (χ1v) is 8.96. The van der Waals surface area contributed by atoms with Crippen molar-refractivity contribution in [2.24, 2.45) is 5.92 Å². The lowest BCUT2D eigenvalue weighted by Crippen LogP contribution is -2.21. The molecule has 0 saturated heterocycles. The highest BCUT2D eigenvalue weighted by Gasteiger charge is 2.15. The summed E-state index contributed by atoms with van der Waals surface area (Å²) in [5, 5.41) is 4.40. The first kappa shape index (κ1) is 18.1. The molecule has 0 bridgehead atoms. The molecule has 3 heteroatoms. The summed E-state index contributed by atoms with van der Waals surface area (Å²) in [6.45, 7) is 7.73. The van der Waals surface area contributed by atoms with Gasteiger partial charge in [-0.15, -0.1) is 0 Å². The zero-order valence-corrected chi connectivity index (χ0v) is 15.1. The van der Waals surface area contributed by atoms with Gasteiger partial charge in [0.1, 0.15) is 5.76 Å².